The molecular weight excluding hydrogens is 654 g/mol. The fourth-order valence-electron chi connectivity index (χ4n) is 6.90. The minimum Gasteiger partial charge on any atom is -0.496 e. The summed E-state index contributed by atoms with van der Waals surface area (Å²) >= 11 is 0. The topological polar surface area (TPSA) is 116 Å². The van der Waals surface area contributed by atoms with Gasteiger partial charge in [0.1, 0.15) is 11.5 Å². The second-order valence-electron chi connectivity index (χ2n) is 15.1. The van der Waals surface area contributed by atoms with Crippen molar-refractivity contribution in [2.75, 3.05) is 14.2 Å². The molecule has 6 rings (SSSR count). The van der Waals surface area contributed by atoms with Gasteiger partial charge in [-0.2, -0.15) is 0 Å². The molecule has 0 saturated carbocycles. The van der Waals surface area contributed by atoms with E-state index in [1.54, 1.807) is 56.0 Å². The molecule has 6 aromatic rings. The Balaban J connectivity index is 0.000000201. The van der Waals surface area contributed by atoms with Crippen LogP contribution in [-0.4, -0.2) is 38.6 Å². The molecule has 9 heteroatoms. The lowest BCUT2D eigenvalue weighted by Gasteiger charge is -2.26. The number of aromatic nitrogens is 3. The van der Waals surface area contributed by atoms with Crippen LogP contribution in [0.1, 0.15) is 63.8 Å². The highest BCUT2D eigenvalue weighted by molar-refractivity contribution is 5.97. The molecule has 0 aliphatic carbocycles. The standard InChI is InChI=1S/C22H25NO3.C21H24N2O3/c1-22(2,3)20-15(13-24)10-14(11-19(20)26-5)18-12-23(4)21(25)17-9-7-6-8-16(17)18;1-21(2,3)18-8-13(12-24)15(9-19(18)26-5)17-11-23(4)20(25)16-10-22-7-6-14(16)17/h6-12,24H,13H2,1-5H3;6-11,24H,12H2,1-5H3. The van der Waals surface area contributed by atoms with Gasteiger partial charge in [-0.1, -0.05) is 59.7 Å². The summed E-state index contributed by atoms with van der Waals surface area (Å²) in [5.74, 6) is 1.51. The Labute approximate surface area is 304 Å². The van der Waals surface area contributed by atoms with Crippen LogP contribution in [0.25, 0.3) is 43.8 Å². The summed E-state index contributed by atoms with van der Waals surface area (Å²) in [6, 6.07) is 17.4. The average molecular weight is 704 g/mol. The first-order valence-corrected chi connectivity index (χ1v) is 17.2. The van der Waals surface area contributed by atoms with E-state index >= 15 is 0 Å². The molecule has 0 spiro atoms. The van der Waals surface area contributed by atoms with Crippen molar-refractivity contribution in [1.29, 1.82) is 0 Å². The van der Waals surface area contributed by atoms with E-state index in [1.165, 1.54) is 0 Å². The van der Waals surface area contributed by atoms with Crippen LogP contribution >= 0.6 is 0 Å². The van der Waals surface area contributed by atoms with Crippen LogP contribution in [0.15, 0.2) is 89.0 Å². The third-order valence-corrected chi connectivity index (χ3v) is 9.40. The van der Waals surface area contributed by atoms with E-state index < -0.39 is 0 Å². The van der Waals surface area contributed by atoms with Gasteiger partial charge in [-0.15, -0.1) is 0 Å². The van der Waals surface area contributed by atoms with Crippen LogP contribution in [0.5, 0.6) is 11.5 Å². The van der Waals surface area contributed by atoms with Crippen LogP contribution in [0, 0.1) is 0 Å². The van der Waals surface area contributed by atoms with Crippen LogP contribution in [0.3, 0.4) is 0 Å². The van der Waals surface area contributed by atoms with E-state index in [4.69, 9.17) is 9.47 Å². The van der Waals surface area contributed by atoms with E-state index in [2.05, 4.69) is 46.5 Å². The Morgan fingerprint density at radius 1 is 0.654 bits per heavy atom. The molecule has 0 fully saturated rings. The van der Waals surface area contributed by atoms with Gasteiger partial charge < -0.3 is 28.8 Å². The van der Waals surface area contributed by atoms with Crippen LogP contribution in [-0.2, 0) is 38.1 Å². The highest BCUT2D eigenvalue weighted by Crippen LogP contribution is 2.40. The molecule has 0 atom stereocenters. The highest BCUT2D eigenvalue weighted by atomic mass is 16.5. The van der Waals surface area contributed by atoms with Crippen molar-refractivity contribution in [3.05, 3.63) is 122 Å². The number of methoxy groups -OCH3 is 2. The number of nitrogens with zero attached hydrogens (tertiary/aromatic N) is 3. The summed E-state index contributed by atoms with van der Waals surface area (Å²) in [5.41, 5.74) is 6.85. The molecule has 0 aliphatic heterocycles. The van der Waals surface area contributed by atoms with E-state index in [0.29, 0.717) is 10.8 Å². The van der Waals surface area contributed by atoms with Crippen molar-refractivity contribution in [2.45, 2.75) is 65.6 Å². The van der Waals surface area contributed by atoms with Gasteiger partial charge in [0.15, 0.2) is 0 Å². The first-order valence-electron chi connectivity index (χ1n) is 17.2. The Kier molecular flexibility index (Phi) is 10.8. The lowest BCUT2D eigenvalue weighted by molar-refractivity contribution is 0.276. The number of fused-ring (bicyclic) bond motifs is 2. The number of rotatable bonds is 6. The van der Waals surface area contributed by atoms with Crippen molar-refractivity contribution in [3.63, 3.8) is 0 Å². The van der Waals surface area contributed by atoms with Crippen molar-refractivity contribution >= 4 is 21.5 Å². The zero-order valence-electron chi connectivity index (χ0n) is 31.8. The Bertz CT molecular complexity index is 2370. The lowest BCUT2D eigenvalue weighted by atomic mass is 9.81. The first-order chi connectivity index (χ1) is 24.5. The molecule has 272 valence electrons. The van der Waals surface area contributed by atoms with Gasteiger partial charge in [0.25, 0.3) is 11.1 Å². The molecule has 52 heavy (non-hydrogen) atoms. The lowest BCUT2D eigenvalue weighted by Crippen LogP contribution is -2.17. The molecule has 0 bridgehead atoms. The molecule has 0 aliphatic rings. The highest BCUT2D eigenvalue weighted by Gasteiger charge is 2.25. The van der Waals surface area contributed by atoms with Gasteiger partial charge in [0.05, 0.1) is 32.8 Å². The second kappa shape index (κ2) is 14.8. The smallest absolute Gasteiger partial charge is 0.259 e. The number of hydrogen-bond donors (Lipinski definition) is 2. The number of aliphatic hydroxyl groups excluding tert-OH is 2. The number of hydrogen-bond acceptors (Lipinski definition) is 7. The predicted molar refractivity (Wildman–Crippen MR) is 209 cm³/mol. The molecule has 3 heterocycles. The summed E-state index contributed by atoms with van der Waals surface area (Å²) in [6.45, 7) is 12.5. The van der Waals surface area contributed by atoms with Gasteiger partial charge in [-0.3, -0.25) is 14.6 Å². The molecule has 0 unspecified atom stereocenters. The summed E-state index contributed by atoms with van der Waals surface area (Å²) in [7, 11) is 6.77. The maximum Gasteiger partial charge on any atom is 0.259 e. The Morgan fingerprint density at radius 2 is 1.23 bits per heavy atom. The summed E-state index contributed by atoms with van der Waals surface area (Å²) in [4.78, 5) is 29.0. The number of aliphatic hydroxyl groups is 2. The minimum absolute atomic E-state index is 0.0231. The Hall–Kier alpha value is -5.25. The second-order valence-corrected chi connectivity index (χ2v) is 15.1. The molecule has 2 N–H and O–H groups in total. The number of aryl methyl sites for hydroxylation is 2. The van der Waals surface area contributed by atoms with E-state index in [1.807, 2.05) is 60.8 Å². The number of ether oxygens (including phenoxy) is 2. The zero-order valence-corrected chi connectivity index (χ0v) is 31.8. The molecular formula is C43H49N3O6. The molecule has 9 nitrogen and oxygen atoms in total. The van der Waals surface area contributed by atoms with Gasteiger partial charge in [0.2, 0.25) is 0 Å². The van der Waals surface area contributed by atoms with Crippen molar-refractivity contribution in [2.24, 2.45) is 14.1 Å². The van der Waals surface area contributed by atoms with Gasteiger partial charge in [-0.25, -0.2) is 0 Å². The molecule has 0 amide bonds. The predicted octanol–water partition coefficient (Wildman–Crippen LogP) is 7.40. The minimum atomic E-state index is -0.159. The summed E-state index contributed by atoms with van der Waals surface area (Å²) < 4.78 is 14.4. The van der Waals surface area contributed by atoms with E-state index in [0.717, 1.165) is 66.8 Å². The fraction of sp³-hybridized carbons (Fsp3) is 0.326. The molecule has 3 aromatic carbocycles. The summed E-state index contributed by atoms with van der Waals surface area (Å²) in [5, 5.41) is 22.9. The summed E-state index contributed by atoms with van der Waals surface area (Å²) in [6.07, 6.45) is 6.90. The number of benzene rings is 3. The monoisotopic (exact) mass is 703 g/mol. The van der Waals surface area contributed by atoms with Crippen molar-refractivity contribution in [3.8, 4) is 33.8 Å². The molecule has 3 aromatic heterocycles. The van der Waals surface area contributed by atoms with Crippen LogP contribution in [0.2, 0.25) is 0 Å². The van der Waals surface area contributed by atoms with E-state index in [9.17, 15) is 19.8 Å². The quantitative estimate of drug-likeness (QED) is 0.186. The van der Waals surface area contributed by atoms with Crippen molar-refractivity contribution < 1.29 is 19.7 Å². The third-order valence-electron chi connectivity index (χ3n) is 9.40. The zero-order chi connectivity index (χ0) is 38.1. The van der Waals surface area contributed by atoms with Crippen LogP contribution < -0.4 is 20.6 Å². The number of pyridine rings is 3. The maximum atomic E-state index is 12.4. The van der Waals surface area contributed by atoms with E-state index in [-0.39, 0.29) is 35.2 Å². The normalized spacial score (nSPS) is 11.8. The van der Waals surface area contributed by atoms with Gasteiger partial charge in [0, 0.05) is 61.0 Å². The SMILES string of the molecule is COc1cc(-c2cn(C)c(=O)c3ccccc23)cc(CO)c1C(C)(C)C.COc1cc(-c2cn(C)c(=O)c3cnccc23)c(CO)cc1C(C)(C)C. The van der Waals surface area contributed by atoms with Gasteiger partial charge in [-0.05, 0) is 85.8 Å². The third kappa shape index (κ3) is 7.24. The molecule has 0 saturated heterocycles. The first kappa shape index (κ1) is 38.0. The average Bonchev–Trinajstić information content (AvgIpc) is 3.12. The van der Waals surface area contributed by atoms with Crippen LogP contribution in [0.4, 0.5) is 0 Å². The largest absolute Gasteiger partial charge is 0.496 e. The Morgan fingerprint density at radius 3 is 1.81 bits per heavy atom. The van der Waals surface area contributed by atoms with Gasteiger partial charge >= 0.3 is 0 Å². The molecule has 0 radical (unpaired) electrons. The maximum absolute atomic E-state index is 12.4. The van der Waals surface area contributed by atoms with Crippen molar-refractivity contribution in [1.82, 2.24) is 14.1 Å². The fourth-order valence-corrected chi connectivity index (χ4v) is 6.90.